The predicted octanol–water partition coefficient (Wildman–Crippen LogP) is -2.11. The minimum Gasteiger partial charge on any atom is -0.399 e. The second-order valence-electron chi connectivity index (χ2n) is 4.58. The van der Waals surface area contributed by atoms with Crippen LogP contribution < -0.4 is 5.73 Å². The third kappa shape index (κ3) is 2.20. The molecule has 0 radical (unpaired) electrons. The van der Waals surface area contributed by atoms with Crippen LogP contribution >= 0.6 is 0 Å². The SMILES string of the molecule is Nc1ccc([C@]2(O)[C@H](O)[C@@H](O)[C@@H](O)O[C@@H]2CO)cc1. The fraction of sp³-hybridized carbons (Fsp3) is 0.500. The molecule has 7 N–H and O–H groups in total. The zero-order chi connectivity index (χ0) is 14.2. The summed E-state index contributed by atoms with van der Waals surface area (Å²) in [5.74, 6) is 0. The van der Waals surface area contributed by atoms with Crippen molar-refractivity contribution in [1.29, 1.82) is 0 Å². The summed E-state index contributed by atoms with van der Waals surface area (Å²) in [5, 5.41) is 48.9. The molecule has 19 heavy (non-hydrogen) atoms. The number of benzene rings is 1. The summed E-state index contributed by atoms with van der Waals surface area (Å²) in [6, 6.07) is 5.92. The standard InChI is InChI=1S/C12H17NO6/c13-7-3-1-6(2-4-7)12(18)8(5-14)19-11(17)9(15)10(12)16/h1-4,8-11,14-18H,5,13H2/t8-,9-,10-,11+,12-/m1/s1. The van der Waals surface area contributed by atoms with Crippen molar-refractivity contribution in [3.8, 4) is 0 Å². The van der Waals surface area contributed by atoms with Crippen LogP contribution in [0, 0.1) is 0 Å². The van der Waals surface area contributed by atoms with Crippen molar-refractivity contribution in [3.63, 3.8) is 0 Å². The predicted molar refractivity (Wildman–Crippen MR) is 64.7 cm³/mol. The van der Waals surface area contributed by atoms with Gasteiger partial charge in [-0.1, -0.05) is 12.1 Å². The molecule has 0 saturated carbocycles. The van der Waals surface area contributed by atoms with Crippen LogP contribution in [0.5, 0.6) is 0 Å². The van der Waals surface area contributed by atoms with Crippen molar-refractivity contribution < 1.29 is 30.3 Å². The van der Waals surface area contributed by atoms with Gasteiger partial charge in [0.25, 0.3) is 0 Å². The number of nitrogens with two attached hydrogens (primary N) is 1. The van der Waals surface area contributed by atoms with Crippen LogP contribution in [0.4, 0.5) is 5.69 Å². The number of anilines is 1. The largest absolute Gasteiger partial charge is 0.399 e. The molecular formula is C12H17NO6. The van der Waals surface area contributed by atoms with Crippen molar-refractivity contribution in [2.24, 2.45) is 0 Å². The summed E-state index contributed by atoms with van der Waals surface area (Å²) in [5.41, 5.74) is 4.18. The number of nitrogen functional groups attached to an aromatic ring is 1. The molecule has 1 heterocycles. The lowest BCUT2D eigenvalue weighted by Gasteiger charge is -2.46. The van der Waals surface area contributed by atoms with E-state index in [-0.39, 0.29) is 5.56 Å². The number of aliphatic hydroxyl groups is 5. The van der Waals surface area contributed by atoms with E-state index < -0.39 is 36.8 Å². The highest BCUT2D eigenvalue weighted by molar-refractivity contribution is 5.42. The first-order chi connectivity index (χ1) is 8.91. The van der Waals surface area contributed by atoms with Crippen LogP contribution in [0.1, 0.15) is 5.56 Å². The summed E-state index contributed by atoms with van der Waals surface area (Å²) >= 11 is 0. The fourth-order valence-corrected chi connectivity index (χ4v) is 2.25. The van der Waals surface area contributed by atoms with E-state index in [2.05, 4.69) is 0 Å². The Labute approximate surface area is 109 Å². The van der Waals surface area contributed by atoms with E-state index in [1.807, 2.05) is 0 Å². The molecule has 7 nitrogen and oxygen atoms in total. The first kappa shape index (κ1) is 14.2. The van der Waals surface area contributed by atoms with Crippen LogP contribution in [-0.2, 0) is 10.3 Å². The molecule has 0 aromatic heterocycles. The number of aliphatic hydroxyl groups excluding tert-OH is 4. The summed E-state index contributed by atoms with van der Waals surface area (Å²) in [4.78, 5) is 0. The maximum absolute atomic E-state index is 10.6. The van der Waals surface area contributed by atoms with Gasteiger partial charge in [0.2, 0.25) is 0 Å². The van der Waals surface area contributed by atoms with Crippen LogP contribution in [0.2, 0.25) is 0 Å². The third-order valence-electron chi connectivity index (χ3n) is 3.40. The van der Waals surface area contributed by atoms with E-state index in [1.165, 1.54) is 24.3 Å². The number of ether oxygens (including phenoxy) is 1. The highest BCUT2D eigenvalue weighted by atomic mass is 16.6. The molecule has 0 spiro atoms. The molecule has 1 aromatic carbocycles. The molecule has 0 bridgehead atoms. The third-order valence-corrected chi connectivity index (χ3v) is 3.40. The lowest BCUT2D eigenvalue weighted by molar-refractivity contribution is -0.325. The van der Waals surface area contributed by atoms with Gasteiger partial charge in [-0.3, -0.25) is 0 Å². The van der Waals surface area contributed by atoms with Crippen molar-refractivity contribution >= 4 is 5.69 Å². The van der Waals surface area contributed by atoms with Gasteiger partial charge in [-0.25, -0.2) is 0 Å². The van der Waals surface area contributed by atoms with Crippen molar-refractivity contribution in [1.82, 2.24) is 0 Å². The van der Waals surface area contributed by atoms with Crippen molar-refractivity contribution in [2.45, 2.75) is 30.2 Å². The molecule has 1 saturated heterocycles. The van der Waals surface area contributed by atoms with Gasteiger partial charge in [-0.2, -0.15) is 0 Å². The Morgan fingerprint density at radius 1 is 1.16 bits per heavy atom. The first-order valence-electron chi connectivity index (χ1n) is 5.80. The Hall–Kier alpha value is -1.22. The van der Waals surface area contributed by atoms with E-state index in [9.17, 15) is 25.5 Å². The zero-order valence-electron chi connectivity index (χ0n) is 10.0. The molecule has 1 fully saturated rings. The molecule has 106 valence electrons. The molecule has 5 atom stereocenters. The van der Waals surface area contributed by atoms with Gasteiger partial charge in [0, 0.05) is 5.69 Å². The molecule has 1 aliphatic heterocycles. The highest BCUT2D eigenvalue weighted by Gasteiger charge is 2.55. The average molecular weight is 271 g/mol. The normalized spacial score (nSPS) is 39.2. The molecule has 1 aromatic rings. The zero-order valence-corrected chi connectivity index (χ0v) is 10.0. The maximum Gasteiger partial charge on any atom is 0.184 e. The fourth-order valence-electron chi connectivity index (χ4n) is 2.25. The number of hydrogen-bond donors (Lipinski definition) is 6. The molecule has 0 unspecified atom stereocenters. The van der Waals surface area contributed by atoms with E-state index in [0.29, 0.717) is 5.69 Å². The Kier molecular flexibility index (Phi) is 3.77. The van der Waals surface area contributed by atoms with Gasteiger partial charge < -0.3 is 36.0 Å². The van der Waals surface area contributed by atoms with Gasteiger partial charge >= 0.3 is 0 Å². The molecule has 0 amide bonds. The molecule has 0 aliphatic carbocycles. The van der Waals surface area contributed by atoms with E-state index >= 15 is 0 Å². The first-order valence-corrected chi connectivity index (χ1v) is 5.80. The van der Waals surface area contributed by atoms with Crippen LogP contribution in [0.25, 0.3) is 0 Å². The van der Waals surface area contributed by atoms with Gasteiger partial charge in [-0.05, 0) is 17.7 Å². The lowest BCUT2D eigenvalue weighted by atomic mass is 9.78. The Bertz CT molecular complexity index is 434. The quantitative estimate of drug-likeness (QED) is 0.339. The monoisotopic (exact) mass is 271 g/mol. The van der Waals surface area contributed by atoms with Crippen LogP contribution in [0.3, 0.4) is 0 Å². The molecular weight excluding hydrogens is 254 g/mol. The molecule has 2 rings (SSSR count). The van der Waals surface area contributed by atoms with Gasteiger partial charge in [0.05, 0.1) is 6.61 Å². The minimum absolute atomic E-state index is 0.221. The summed E-state index contributed by atoms with van der Waals surface area (Å²) in [6.45, 7) is -0.637. The Morgan fingerprint density at radius 3 is 2.26 bits per heavy atom. The minimum atomic E-state index is -2.04. The lowest BCUT2D eigenvalue weighted by Crippen LogP contribution is -2.64. The second kappa shape index (κ2) is 5.04. The average Bonchev–Trinajstić information content (AvgIpc) is 2.41. The Morgan fingerprint density at radius 2 is 1.74 bits per heavy atom. The second-order valence-corrected chi connectivity index (χ2v) is 4.58. The summed E-state index contributed by atoms with van der Waals surface area (Å²) in [6.07, 6.45) is -6.35. The Balaban J connectivity index is 2.44. The van der Waals surface area contributed by atoms with Gasteiger partial charge in [0.1, 0.15) is 23.9 Å². The summed E-state index contributed by atoms with van der Waals surface area (Å²) in [7, 11) is 0. The topological polar surface area (TPSA) is 136 Å². The van der Waals surface area contributed by atoms with Gasteiger partial charge in [0.15, 0.2) is 6.29 Å². The van der Waals surface area contributed by atoms with Crippen molar-refractivity contribution in [3.05, 3.63) is 29.8 Å². The van der Waals surface area contributed by atoms with Crippen molar-refractivity contribution in [2.75, 3.05) is 12.3 Å². The van der Waals surface area contributed by atoms with E-state index in [4.69, 9.17) is 10.5 Å². The van der Waals surface area contributed by atoms with Gasteiger partial charge in [-0.15, -0.1) is 0 Å². The number of rotatable bonds is 2. The molecule has 7 heteroatoms. The van der Waals surface area contributed by atoms with Crippen LogP contribution in [-0.4, -0.2) is 56.7 Å². The maximum atomic E-state index is 10.6. The smallest absolute Gasteiger partial charge is 0.184 e. The molecule has 1 aliphatic rings. The number of hydrogen-bond acceptors (Lipinski definition) is 7. The highest BCUT2D eigenvalue weighted by Crippen LogP contribution is 2.37. The van der Waals surface area contributed by atoms with Crippen LogP contribution in [0.15, 0.2) is 24.3 Å². The van der Waals surface area contributed by atoms with E-state index in [0.717, 1.165) is 0 Å². The van der Waals surface area contributed by atoms with E-state index in [1.54, 1.807) is 0 Å². The summed E-state index contributed by atoms with van der Waals surface area (Å²) < 4.78 is 4.93.